The van der Waals surface area contributed by atoms with Crippen LogP contribution in [0.1, 0.15) is 35.4 Å². The molecule has 30 heavy (non-hydrogen) atoms. The van der Waals surface area contributed by atoms with Gasteiger partial charge in [0.25, 0.3) is 0 Å². The number of methoxy groups -OCH3 is 1. The number of piperidine rings is 1. The molecular weight excluding hydrogens is 381 g/mol. The zero-order chi connectivity index (χ0) is 21.1. The van der Waals surface area contributed by atoms with Crippen LogP contribution < -0.4 is 10.1 Å². The SMILES string of the molecule is COc1ccc2[nH]cc(C3CCN(CC(=O)NCc4ccc(C)c(F)c4)CC3)c2c1. The van der Waals surface area contributed by atoms with Crippen molar-refractivity contribution in [2.45, 2.75) is 32.2 Å². The number of hydrogen-bond acceptors (Lipinski definition) is 3. The fourth-order valence-electron chi connectivity index (χ4n) is 4.19. The van der Waals surface area contributed by atoms with Crippen LogP contribution in [0.2, 0.25) is 0 Å². The van der Waals surface area contributed by atoms with Gasteiger partial charge in [0.1, 0.15) is 11.6 Å². The van der Waals surface area contributed by atoms with Crippen molar-refractivity contribution in [3.8, 4) is 5.75 Å². The zero-order valence-electron chi connectivity index (χ0n) is 17.5. The van der Waals surface area contributed by atoms with Crippen molar-refractivity contribution in [1.82, 2.24) is 15.2 Å². The first-order chi connectivity index (χ1) is 14.5. The molecule has 158 valence electrons. The Morgan fingerprint density at radius 1 is 1.23 bits per heavy atom. The lowest BCUT2D eigenvalue weighted by Gasteiger charge is -2.31. The number of nitrogens with zero attached hydrogens (tertiary/aromatic N) is 1. The van der Waals surface area contributed by atoms with E-state index in [0.29, 0.717) is 24.6 Å². The molecule has 1 amide bonds. The molecule has 1 saturated heterocycles. The fourth-order valence-corrected chi connectivity index (χ4v) is 4.19. The van der Waals surface area contributed by atoms with Crippen LogP contribution >= 0.6 is 0 Å². The molecule has 2 heterocycles. The van der Waals surface area contributed by atoms with E-state index in [4.69, 9.17) is 4.74 Å². The lowest BCUT2D eigenvalue weighted by atomic mass is 9.89. The van der Waals surface area contributed by atoms with Gasteiger partial charge in [0.2, 0.25) is 5.91 Å². The molecule has 0 aliphatic carbocycles. The van der Waals surface area contributed by atoms with Crippen LogP contribution in [0.3, 0.4) is 0 Å². The molecule has 3 aromatic rings. The number of nitrogens with one attached hydrogen (secondary N) is 2. The number of amides is 1. The van der Waals surface area contributed by atoms with Gasteiger partial charge in [-0.05, 0) is 79.7 Å². The summed E-state index contributed by atoms with van der Waals surface area (Å²) in [6.45, 7) is 4.22. The minimum Gasteiger partial charge on any atom is -0.497 e. The van der Waals surface area contributed by atoms with E-state index in [1.807, 2.05) is 12.1 Å². The van der Waals surface area contributed by atoms with Crippen LogP contribution in [0.5, 0.6) is 5.75 Å². The first-order valence-corrected chi connectivity index (χ1v) is 10.4. The van der Waals surface area contributed by atoms with E-state index >= 15 is 0 Å². The summed E-state index contributed by atoms with van der Waals surface area (Å²) in [5.74, 6) is 1.08. The van der Waals surface area contributed by atoms with Crippen molar-refractivity contribution >= 4 is 16.8 Å². The third-order valence-corrected chi connectivity index (χ3v) is 6.04. The maximum atomic E-state index is 13.6. The number of carbonyl (C=O) groups excluding carboxylic acids is 1. The first kappa shape index (κ1) is 20.4. The molecule has 4 rings (SSSR count). The standard InChI is InChI=1S/C24H28FN3O2/c1-16-3-4-17(11-22(16)25)13-27-24(29)15-28-9-7-18(8-10-28)21-14-26-23-6-5-19(30-2)12-20(21)23/h3-6,11-12,14,18,26H,7-10,13,15H2,1-2H3,(H,27,29). The Balaban J connectivity index is 1.29. The summed E-state index contributed by atoms with van der Waals surface area (Å²) in [4.78, 5) is 17.9. The highest BCUT2D eigenvalue weighted by Gasteiger charge is 2.24. The van der Waals surface area contributed by atoms with Crippen LogP contribution in [-0.4, -0.2) is 42.5 Å². The number of halogens is 1. The van der Waals surface area contributed by atoms with Crippen molar-refractivity contribution in [1.29, 1.82) is 0 Å². The number of aromatic nitrogens is 1. The summed E-state index contributed by atoms with van der Waals surface area (Å²) in [5, 5.41) is 4.12. The lowest BCUT2D eigenvalue weighted by molar-refractivity contribution is -0.122. The molecule has 1 fully saturated rings. The normalized spacial score (nSPS) is 15.4. The highest BCUT2D eigenvalue weighted by atomic mass is 19.1. The van der Waals surface area contributed by atoms with E-state index in [-0.39, 0.29) is 11.7 Å². The number of fused-ring (bicyclic) bond motifs is 1. The van der Waals surface area contributed by atoms with Crippen LogP contribution in [0.4, 0.5) is 4.39 Å². The van der Waals surface area contributed by atoms with Crippen molar-refractivity contribution in [2.75, 3.05) is 26.7 Å². The number of aromatic amines is 1. The van der Waals surface area contributed by atoms with Gasteiger partial charge in [-0.15, -0.1) is 0 Å². The highest BCUT2D eigenvalue weighted by molar-refractivity contribution is 5.85. The second-order valence-electron chi connectivity index (χ2n) is 8.07. The zero-order valence-corrected chi connectivity index (χ0v) is 17.5. The third kappa shape index (κ3) is 4.49. The molecule has 6 heteroatoms. The van der Waals surface area contributed by atoms with E-state index in [0.717, 1.165) is 42.8 Å². The van der Waals surface area contributed by atoms with Gasteiger partial charge in [-0.1, -0.05) is 12.1 Å². The lowest BCUT2D eigenvalue weighted by Crippen LogP contribution is -2.41. The number of aryl methyl sites for hydroxylation is 1. The van der Waals surface area contributed by atoms with Gasteiger partial charge in [0, 0.05) is 23.6 Å². The Morgan fingerprint density at radius 3 is 2.77 bits per heavy atom. The summed E-state index contributed by atoms with van der Waals surface area (Å²) in [7, 11) is 1.69. The second kappa shape index (κ2) is 8.88. The van der Waals surface area contributed by atoms with Gasteiger partial charge >= 0.3 is 0 Å². The molecule has 1 aliphatic rings. The van der Waals surface area contributed by atoms with E-state index < -0.39 is 0 Å². The number of benzene rings is 2. The minimum atomic E-state index is -0.237. The summed E-state index contributed by atoms with van der Waals surface area (Å²) < 4.78 is 19.0. The quantitative estimate of drug-likeness (QED) is 0.644. The molecule has 0 bridgehead atoms. The first-order valence-electron chi connectivity index (χ1n) is 10.4. The summed E-state index contributed by atoms with van der Waals surface area (Å²) in [6.07, 6.45) is 4.14. The molecule has 0 unspecified atom stereocenters. The molecule has 5 nitrogen and oxygen atoms in total. The molecular formula is C24H28FN3O2. The second-order valence-corrected chi connectivity index (χ2v) is 8.07. The number of carbonyl (C=O) groups is 1. The van der Waals surface area contributed by atoms with Gasteiger partial charge in [0.05, 0.1) is 13.7 Å². The third-order valence-electron chi connectivity index (χ3n) is 6.04. The van der Waals surface area contributed by atoms with Crippen LogP contribution in [0, 0.1) is 12.7 Å². The van der Waals surface area contributed by atoms with Gasteiger partial charge in [0.15, 0.2) is 0 Å². The Kier molecular flexibility index (Phi) is 6.04. The molecule has 0 radical (unpaired) electrons. The topological polar surface area (TPSA) is 57.4 Å². The summed E-state index contributed by atoms with van der Waals surface area (Å²) in [6, 6.07) is 11.2. The largest absolute Gasteiger partial charge is 0.497 e. The van der Waals surface area contributed by atoms with E-state index in [9.17, 15) is 9.18 Å². The van der Waals surface area contributed by atoms with Gasteiger partial charge in [-0.3, -0.25) is 9.69 Å². The number of H-pyrrole nitrogens is 1. The number of ether oxygens (including phenoxy) is 1. The van der Waals surface area contributed by atoms with Crippen molar-refractivity contribution in [2.24, 2.45) is 0 Å². The summed E-state index contributed by atoms with van der Waals surface area (Å²) in [5.41, 5.74) is 3.84. The van der Waals surface area contributed by atoms with Crippen LogP contribution in [0.15, 0.2) is 42.6 Å². The summed E-state index contributed by atoms with van der Waals surface area (Å²) >= 11 is 0. The van der Waals surface area contributed by atoms with Crippen molar-refractivity contribution in [3.63, 3.8) is 0 Å². The molecule has 2 aromatic carbocycles. The number of rotatable bonds is 6. The van der Waals surface area contributed by atoms with Gasteiger partial charge in [-0.2, -0.15) is 0 Å². The molecule has 2 N–H and O–H groups in total. The molecule has 1 aliphatic heterocycles. The van der Waals surface area contributed by atoms with Crippen LogP contribution in [-0.2, 0) is 11.3 Å². The average Bonchev–Trinajstić information content (AvgIpc) is 3.18. The number of likely N-dealkylation sites (tertiary alicyclic amines) is 1. The Bertz CT molecular complexity index is 1040. The fraction of sp³-hybridized carbons (Fsp3) is 0.375. The average molecular weight is 410 g/mol. The van der Waals surface area contributed by atoms with E-state index in [1.165, 1.54) is 17.0 Å². The Morgan fingerprint density at radius 2 is 2.03 bits per heavy atom. The van der Waals surface area contributed by atoms with Crippen LogP contribution in [0.25, 0.3) is 10.9 Å². The van der Waals surface area contributed by atoms with E-state index in [2.05, 4.69) is 33.5 Å². The smallest absolute Gasteiger partial charge is 0.234 e. The minimum absolute atomic E-state index is 0.0220. The number of hydrogen-bond donors (Lipinski definition) is 2. The maximum Gasteiger partial charge on any atom is 0.234 e. The molecule has 0 atom stereocenters. The van der Waals surface area contributed by atoms with Crippen molar-refractivity contribution < 1.29 is 13.9 Å². The monoisotopic (exact) mass is 409 g/mol. The highest BCUT2D eigenvalue weighted by Crippen LogP contribution is 2.34. The van der Waals surface area contributed by atoms with Gasteiger partial charge < -0.3 is 15.0 Å². The predicted octanol–water partition coefficient (Wildman–Crippen LogP) is 4.12. The molecule has 1 aromatic heterocycles. The Labute approximate surface area is 176 Å². The van der Waals surface area contributed by atoms with E-state index in [1.54, 1.807) is 20.1 Å². The van der Waals surface area contributed by atoms with Gasteiger partial charge in [-0.25, -0.2) is 4.39 Å². The van der Waals surface area contributed by atoms with Crippen molar-refractivity contribution in [3.05, 3.63) is 65.1 Å². The predicted molar refractivity (Wildman–Crippen MR) is 116 cm³/mol. The Hall–Kier alpha value is -2.86. The maximum absolute atomic E-state index is 13.6. The molecule has 0 spiro atoms. The molecule has 0 saturated carbocycles.